The minimum absolute atomic E-state index is 0.817. The molecule has 3 heterocycles. The summed E-state index contributed by atoms with van der Waals surface area (Å²) < 4.78 is 8.66. The number of nitrogens with zero attached hydrogens (tertiary/aromatic N) is 3. The van der Waals surface area contributed by atoms with Crippen LogP contribution in [0.2, 0.25) is 0 Å². The van der Waals surface area contributed by atoms with Gasteiger partial charge in [0.2, 0.25) is 0 Å². The van der Waals surface area contributed by atoms with Gasteiger partial charge < -0.3 is 4.42 Å². The third-order valence-corrected chi connectivity index (χ3v) is 8.54. The number of pyridine rings is 1. The molecule has 44 heavy (non-hydrogen) atoms. The van der Waals surface area contributed by atoms with E-state index in [-0.39, 0.29) is 0 Å². The number of benzene rings is 6. The first-order chi connectivity index (χ1) is 21.8. The second-order valence-corrected chi connectivity index (χ2v) is 11.1. The van der Waals surface area contributed by atoms with Gasteiger partial charge in [-0.25, -0.2) is 0 Å². The predicted octanol–water partition coefficient (Wildman–Crippen LogP) is 10.4. The van der Waals surface area contributed by atoms with E-state index in [1.807, 2.05) is 24.4 Å². The molecule has 0 aliphatic rings. The number of fused-ring (bicyclic) bond motifs is 6. The normalized spacial score (nSPS) is 11.6. The third-order valence-electron chi connectivity index (χ3n) is 8.54. The average molecular weight is 564 g/mol. The highest BCUT2D eigenvalue weighted by Crippen LogP contribution is 2.41. The molecule has 0 bridgehead atoms. The summed E-state index contributed by atoms with van der Waals surface area (Å²) in [7, 11) is 0. The van der Waals surface area contributed by atoms with Crippen molar-refractivity contribution in [3.05, 3.63) is 152 Å². The molecule has 206 valence electrons. The largest absolute Gasteiger partial charge is 0.455 e. The minimum Gasteiger partial charge on any atom is -0.455 e. The van der Waals surface area contributed by atoms with Crippen LogP contribution in [0.15, 0.2) is 156 Å². The van der Waals surface area contributed by atoms with E-state index < -0.39 is 0 Å². The summed E-state index contributed by atoms with van der Waals surface area (Å²) in [4.78, 5) is 0. The molecule has 0 saturated carbocycles. The first-order valence-corrected chi connectivity index (χ1v) is 14.7. The van der Waals surface area contributed by atoms with E-state index in [2.05, 4.69) is 142 Å². The van der Waals surface area contributed by atoms with Crippen LogP contribution >= 0.6 is 0 Å². The molecule has 0 saturated heterocycles. The Morgan fingerprint density at radius 1 is 0.455 bits per heavy atom. The van der Waals surface area contributed by atoms with E-state index in [4.69, 9.17) is 4.42 Å². The van der Waals surface area contributed by atoms with Crippen LogP contribution in [-0.4, -0.2) is 14.6 Å². The van der Waals surface area contributed by atoms with E-state index in [0.717, 1.165) is 66.4 Å². The van der Waals surface area contributed by atoms with Gasteiger partial charge in [0.25, 0.3) is 0 Å². The topological polar surface area (TPSA) is 43.3 Å². The van der Waals surface area contributed by atoms with Gasteiger partial charge in [0, 0.05) is 33.5 Å². The molecule has 0 amide bonds. The van der Waals surface area contributed by atoms with Crippen molar-refractivity contribution in [3.63, 3.8) is 0 Å². The average Bonchev–Trinajstić information content (AvgIpc) is 3.70. The van der Waals surface area contributed by atoms with Crippen molar-refractivity contribution >= 4 is 38.4 Å². The molecule has 0 aliphatic carbocycles. The Bertz CT molecular complexity index is 2470. The van der Waals surface area contributed by atoms with Gasteiger partial charge in [-0.15, -0.1) is 10.2 Å². The van der Waals surface area contributed by atoms with Gasteiger partial charge in [0.1, 0.15) is 11.2 Å². The maximum Gasteiger partial charge on any atom is 0.168 e. The van der Waals surface area contributed by atoms with Gasteiger partial charge in [0.15, 0.2) is 11.5 Å². The second kappa shape index (κ2) is 9.79. The molecule has 4 nitrogen and oxygen atoms in total. The molecule has 0 spiro atoms. The molecule has 4 heteroatoms. The van der Waals surface area contributed by atoms with Crippen molar-refractivity contribution in [2.75, 3.05) is 0 Å². The summed E-state index contributed by atoms with van der Waals surface area (Å²) in [6, 6.07) is 51.0. The quantitative estimate of drug-likeness (QED) is 0.214. The van der Waals surface area contributed by atoms with E-state index in [1.165, 1.54) is 16.7 Å². The number of hydrogen-bond acceptors (Lipinski definition) is 3. The van der Waals surface area contributed by atoms with Gasteiger partial charge in [-0.3, -0.25) is 4.40 Å². The maximum absolute atomic E-state index is 6.59. The van der Waals surface area contributed by atoms with Crippen LogP contribution in [0.3, 0.4) is 0 Å². The maximum atomic E-state index is 6.59. The molecule has 0 N–H and O–H groups in total. The third kappa shape index (κ3) is 3.92. The van der Waals surface area contributed by atoms with Gasteiger partial charge in [-0.1, -0.05) is 115 Å². The first kappa shape index (κ1) is 24.6. The molecule has 0 aliphatic heterocycles. The molecule has 0 atom stereocenters. The standard InChI is InChI=1S/C40H25N3O/c1-3-9-26(10-4-1)31-19-20-37-35(23-31)36-25-32(27-11-5-2-6-12-27)24-34(38(36)44-37)29-15-17-30(18-16-29)39-41-42-40-33-14-8-7-13-28(33)21-22-43(39)40/h1-25H. The summed E-state index contributed by atoms with van der Waals surface area (Å²) >= 11 is 0. The molecule has 3 aromatic heterocycles. The zero-order valence-corrected chi connectivity index (χ0v) is 23.7. The van der Waals surface area contributed by atoms with Crippen molar-refractivity contribution in [2.45, 2.75) is 0 Å². The highest BCUT2D eigenvalue weighted by molar-refractivity contribution is 6.12. The lowest BCUT2D eigenvalue weighted by Crippen LogP contribution is -1.90. The van der Waals surface area contributed by atoms with Crippen LogP contribution in [-0.2, 0) is 0 Å². The van der Waals surface area contributed by atoms with Crippen molar-refractivity contribution in [1.82, 2.24) is 14.6 Å². The van der Waals surface area contributed by atoms with Gasteiger partial charge in [0.05, 0.1) is 0 Å². The summed E-state index contributed by atoms with van der Waals surface area (Å²) in [6.07, 6.45) is 2.05. The van der Waals surface area contributed by atoms with E-state index in [0.29, 0.717) is 0 Å². The number of furan rings is 1. The number of rotatable bonds is 4. The molecule has 0 unspecified atom stereocenters. The highest BCUT2D eigenvalue weighted by atomic mass is 16.3. The van der Waals surface area contributed by atoms with Crippen molar-refractivity contribution in [2.24, 2.45) is 0 Å². The SMILES string of the molecule is c1ccc(-c2ccc3oc4c(-c5ccc(-c6nnc7c8ccccc8ccn67)cc5)cc(-c5ccccc5)cc4c3c2)cc1. The molecule has 9 aromatic rings. The Morgan fingerprint density at radius 2 is 1.11 bits per heavy atom. The van der Waals surface area contributed by atoms with E-state index in [9.17, 15) is 0 Å². The van der Waals surface area contributed by atoms with E-state index >= 15 is 0 Å². The fourth-order valence-corrected chi connectivity index (χ4v) is 6.31. The fraction of sp³-hybridized carbons (Fsp3) is 0. The molecular formula is C40H25N3O. The van der Waals surface area contributed by atoms with E-state index in [1.54, 1.807) is 0 Å². The monoisotopic (exact) mass is 563 g/mol. The Kier molecular flexibility index (Phi) is 5.47. The van der Waals surface area contributed by atoms with Crippen molar-refractivity contribution in [3.8, 4) is 44.8 Å². The lowest BCUT2D eigenvalue weighted by atomic mass is 9.94. The molecule has 0 radical (unpaired) electrons. The number of aromatic nitrogens is 3. The van der Waals surface area contributed by atoms with Crippen molar-refractivity contribution < 1.29 is 4.42 Å². The Morgan fingerprint density at radius 3 is 1.91 bits per heavy atom. The smallest absolute Gasteiger partial charge is 0.168 e. The Labute approximate surface area is 253 Å². The lowest BCUT2D eigenvalue weighted by molar-refractivity contribution is 0.670. The molecule has 9 rings (SSSR count). The van der Waals surface area contributed by atoms with Crippen LogP contribution in [0, 0.1) is 0 Å². The van der Waals surface area contributed by atoms with Crippen LogP contribution in [0.25, 0.3) is 83.1 Å². The second-order valence-electron chi connectivity index (χ2n) is 11.1. The lowest BCUT2D eigenvalue weighted by Gasteiger charge is -2.09. The fourth-order valence-electron chi connectivity index (χ4n) is 6.31. The number of hydrogen-bond donors (Lipinski definition) is 0. The van der Waals surface area contributed by atoms with Gasteiger partial charge in [-0.2, -0.15) is 0 Å². The summed E-state index contributed by atoms with van der Waals surface area (Å²) in [5.41, 5.74) is 10.4. The zero-order chi connectivity index (χ0) is 29.0. The van der Waals surface area contributed by atoms with Gasteiger partial charge >= 0.3 is 0 Å². The van der Waals surface area contributed by atoms with Crippen LogP contribution in [0.1, 0.15) is 0 Å². The zero-order valence-electron chi connectivity index (χ0n) is 23.7. The Balaban J connectivity index is 1.21. The highest BCUT2D eigenvalue weighted by Gasteiger charge is 2.17. The minimum atomic E-state index is 0.817. The summed E-state index contributed by atoms with van der Waals surface area (Å²) in [5.74, 6) is 0.817. The Hall–Kier alpha value is -6.00. The molecular weight excluding hydrogens is 538 g/mol. The van der Waals surface area contributed by atoms with Gasteiger partial charge in [-0.05, 0) is 63.5 Å². The molecule has 0 fully saturated rings. The first-order valence-electron chi connectivity index (χ1n) is 14.7. The van der Waals surface area contributed by atoms with Crippen LogP contribution in [0.4, 0.5) is 0 Å². The predicted molar refractivity (Wildman–Crippen MR) is 180 cm³/mol. The summed E-state index contributed by atoms with van der Waals surface area (Å²) in [6.45, 7) is 0. The van der Waals surface area contributed by atoms with Crippen LogP contribution < -0.4 is 0 Å². The molecule has 6 aromatic carbocycles. The summed E-state index contributed by atoms with van der Waals surface area (Å²) in [5, 5.41) is 13.6. The van der Waals surface area contributed by atoms with Crippen LogP contribution in [0.5, 0.6) is 0 Å². The van der Waals surface area contributed by atoms with Crippen molar-refractivity contribution in [1.29, 1.82) is 0 Å².